The monoisotopic (exact) mass is 410 g/mol. The highest BCUT2D eigenvalue weighted by molar-refractivity contribution is 6.06. The van der Waals surface area contributed by atoms with Crippen molar-refractivity contribution in [3.05, 3.63) is 101 Å². The van der Waals surface area contributed by atoms with Gasteiger partial charge in [-0.05, 0) is 73.2 Å². The third kappa shape index (κ3) is 4.92. The van der Waals surface area contributed by atoms with Gasteiger partial charge < -0.3 is 11.1 Å². The number of nitrogens with one attached hydrogen (secondary N) is 1. The molecule has 4 rings (SSSR count). The third-order valence-corrected chi connectivity index (χ3v) is 5.77. The van der Waals surface area contributed by atoms with Gasteiger partial charge in [-0.15, -0.1) is 0 Å². The average molecular weight is 411 g/mol. The molecule has 4 heteroatoms. The Kier molecular flexibility index (Phi) is 5.99. The number of para-hydroxylation sites is 2. The van der Waals surface area contributed by atoms with Crippen LogP contribution in [-0.4, -0.2) is 11.7 Å². The van der Waals surface area contributed by atoms with Crippen molar-refractivity contribution in [3.8, 4) is 0 Å². The number of anilines is 2. The summed E-state index contributed by atoms with van der Waals surface area (Å²) in [6.45, 7) is 2.06. The summed E-state index contributed by atoms with van der Waals surface area (Å²) in [5, 5.41) is 2.83. The molecule has 1 aliphatic carbocycles. The Balaban J connectivity index is 1.39. The number of allylic oxidation sites excluding steroid dienone is 1. The summed E-state index contributed by atoms with van der Waals surface area (Å²) in [5.41, 5.74) is 11.8. The average Bonchev–Trinajstić information content (AvgIpc) is 3.11. The number of carbonyl (C=O) groups excluding carboxylic acids is 2. The molecule has 1 unspecified atom stereocenters. The largest absolute Gasteiger partial charge is 0.397 e. The zero-order chi connectivity index (χ0) is 21.8. The lowest BCUT2D eigenvalue weighted by molar-refractivity contribution is -0.117. The van der Waals surface area contributed by atoms with E-state index in [1.54, 1.807) is 24.3 Å². The van der Waals surface area contributed by atoms with Crippen molar-refractivity contribution in [1.29, 1.82) is 0 Å². The second kappa shape index (κ2) is 9.00. The van der Waals surface area contributed by atoms with Gasteiger partial charge in [-0.1, -0.05) is 54.1 Å². The van der Waals surface area contributed by atoms with Crippen LogP contribution >= 0.6 is 0 Å². The van der Waals surface area contributed by atoms with Gasteiger partial charge >= 0.3 is 0 Å². The third-order valence-electron chi connectivity index (χ3n) is 5.77. The van der Waals surface area contributed by atoms with Gasteiger partial charge in [0.15, 0.2) is 5.78 Å². The lowest BCUT2D eigenvalue weighted by atomic mass is 9.95. The number of ketones is 1. The fourth-order valence-electron chi connectivity index (χ4n) is 3.93. The molecule has 0 saturated heterocycles. The highest BCUT2D eigenvalue weighted by atomic mass is 16.1. The molecule has 3 aromatic carbocycles. The van der Waals surface area contributed by atoms with Crippen molar-refractivity contribution >= 4 is 29.1 Å². The molecular weight excluding hydrogens is 384 g/mol. The van der Waals surface area contributed by atoms with Crippen LogP contribution in [0.4, 0.5) is 11.4 Å². The highest BCUT2D eigenvalue weighted by Gasteiger charge is 2.29. The lowest BCUT2D eigenvalue weighted by Crippen LogP contribution is -2.14. The van der Waals surface area contributed by atoms with Gasteiger partial charge in [-0.3, -0.25) is 9.59 Å². The highest BCUT2D eigenvalue weighted by Crippen LogP contribution is 2.31. The van der Waals surface area contributed by atoms with E-state index in [1.807, 2.05) is 30.3 Å². The van der Waals surface area contributed by atoms with Crippen molar-refractivity contribution in [1.82, 2.24) is 0 Å². The van der Waals surface area contributed by atoms with E-state index in [0.717, 1.165) is 29.5 Å². The van der Waals surface area contributed by atoms with Crippen LogP contribution in [0.25, 0.3) is 6.08 Å². The van der Waals surface area contributed by atoms with Crippen LogP contribution in [0.1, 0.15) is 39.9 Å². The maximum Gasteiger partial charge on any atom is 0.255 e. The molecule has 0 aliphatic heterocycles. The molecule has 1 saturated carbocycles. The van der Waals surface area contributed by atoms with Crippen LogP contribution in [0.3, 0.4) is 0 Å². The molecule has 4 nitrogen and oxygen atoms in total. The van der Waals surface area contributed by atoms with Crippen molar-refractivity contribution in [2.75, 3.05) is 11.1 Å². The number of nitrogens with two attached hydrogens (primary N) is 1. The zero-order valence-corrected chi connectivity index (χ0v) is 17.6. The Morgan fingerprint density at radius 3 is 2.45 bits per heavy atom. The van der Waals surface area contributed by atoms with Crippen molar-refractivity contribution in [3.63, 3.8) is 0 Å². The topological polar surface area (TPSA) is 72.2 Å². The first-order chi connectivity index (χ1) is 15.0. The van der Waals surface area contributed by atoms with Crippen molar-refractivity contribution in [2.24, 2.45) is 5.92 Å². The Labute approximate surface area is 182 Å². The fraction of sp³-hybridized carbons (Fsp3) is 0.185. The van der Waals surface area contributed by atoms with Gasteiger partial charge in [0.05, 0.1) is 11.4 Å². The van der Waals surface area contributed by atoms with Gasteiger partial charge in [0.1, 0.15) is 0 Å². The number of Topliss-reactive ketones (excluding diaryl/α,β-unsaturated/α-hetero) is 1. The first kappa shape index (κ1) is 20.6. The van der Waals surface area contributed by atoms with E-state index in [9.17, 15) is 9.59 Å². The normalized spacial score (nSPS) is 17.1. The molecular formula is C27H26N2O2. The molecule has 0 bridgehead atoms. The lowest BCUT2D eigenvalue weighted by Gasteiger charge is -2.10. The van der Waals surface area contributed by atoms with Gasteiger partial charge in [0.25, 0.3) is 5.91 Å². The van der Waals surface area contributed by atoms with E-state index in [4.69, 9.17) is 5.73 Å². The molecule has 156 valence electrons. The summed E-state index contributed by atoms with van der Waals surface area (Å²) in [6, 6.07) is 22.9. The van der Waals surface area contributed by atoms with Crippen LogP contribution in [0.2, 0.25) is 0 Å². The number of hydrogen-bond acceptors (Lipinski definition) is 3. The maximum atomic E-state index is 12.8. The molecule has 0 spiro atoms. The second-order valence-electron chi connectivity index (χ2n) is 8.12. The Morgan fingerprint density at radius 1 is 1.03 bits per heavy atom. The van der Waals surface area contributed by atoms with Crippen molar-refractivity contribution in [2.45, 2.75) is 26.2 Å². The van der Waals surface area contributed by atoms with E-state index in [-0.39, 0.29) is 17.6 Å². The Morgan fingerprint density at radius 2 is 1.74 bits per heavy atom. The zero-order valence-electron chi connectivity index (χ0n) is 17.6. The van der Waals surface area contributed by atoms with Crippen molar-refractivity contribution < 1.29 is 9.59 Å². The minimum absolute atomic E-state index is 0.000456. The van der Waals surface area contributed by atoms with Crippen LogP contribution in [0.15, 0.2) is 78.4 Å². The predicted molar refractivity (Wildman–Crippen MR) is 126 cm³/mol. The number of amides is 1. The number of aryl methyl sites for hydroxylation is 1. The number of benzene rings is 3. The van der Waals surface area contributed by atoms with Crippen LogP contribution in [0.5, 0.6) is 0 Å². The molecule has 31 heavy (non-hydrogen) atoms. The van der Waals surface area contributed by atoms with Crippen LogP contribution in [-0.2, 0) is 11.2 Å². The molecule has 3 N–H and O–H groups in total. The number of rotatable bonds is 5. The van der Waals surface area contributed by atoms with E-state index in [2.05, 4.69) is 36.5 Å². The molecule has 3 aromatic rings. The molecule has 0 radical (unpaired) electrons. The number of carbonyl (C=O) groups is 2. The first-order valence-corrected chi connectivity index (χ1v) is 10.6. The molecule has 1 atom stereocenters. The minimum atomic E-state index is -0.204. The predicted octanol–water partition coefficient (Wildman–Crippen LogP) is 5.43. The SMILES string of the molecule is Cc1ccc(C=C2CCC(Cc3ccc(C(=O)Nc4ccccc4N)cc3)C2=O)cc1. The summed E-state index contributed by atoms with van der Waals surface area (Å²) in [7, 11) is 0. The number of nitrogen functional groups attached to an aromatic ring is 1. The fourth-order valence-corrected chi connectivity index (χ4v) is 3.93. The summed E-state index contributed by atoms with van der Waals surface area (Å²) in [4.78, 5) is 25.3. The quantitative estimate of drug-likeness (QED) is 0.435. The molecule has 0 aromatic heterocycles. The summed E-state index contributed by atoms with van der Waals surface area (Å²) in [5.74, 6) is 0.0344. The number of hydrogen-bond donors (Lipinski definition) is 2. The van der Waals surface area contributed by atoms with Gasteiger partial charge in [-0.2, -0.15) is 0 Å². The molecule has 0 heterocycles. The van der Waals surface area contributed by atoms with Crippen LogP contribution < -0.4 is 11.1 Å². The maximum absolute atomic E-state index is 12.8. The van der Waals surface area contributed by atoms with Gasteiger partial charge in [-0.25, -0.2) is 0 Å². The smallest absolute Gasteiger partial charge is 0.255 e. The summed E-state index contributed by atoms with van der Waals surface area (Å²) < 4.78 is 0. The van der Waals surface area contributed by atoms with Crippen LogP contribution in [0, 0.1) is 12.8 Å². The summed E-state index contributed by atoms with van der Waals surface area (Å²) >= 11 is 0. The van der Waals surface area contributed by atoms with E-state index in [1.165, 1.54) is 5.56 Å². The molecule has 1 amide bonds. The summed E-state index contributed by atoms with van der Waals surface area (Å²) in [6.07, 6.45) is 4.39. The van der Waals surface area contributed by atoms with E-state index in [0.29, 0.717) is 23.4 Å². The standard InChI is InChI=1S/C27H26N2O2/c1-18-6-8-19(9-7-18)16-22-14-15-23(26(22)30)17-20-10-12-21(13-11-20)27(31)29-25-5-3-2-4-24(25)28/h2-13,16,23H,14-15,17,28H2,1H3,(H,29,31). The second-order valence-corrected chi connectivity index (χ2v) is 8.12. The van der Waals surface area contributed by atoms with E-state index < -0.39 is 0 Å². The molecule has 1 fully saturated rings. The first-order valence-electron chi connectivity index (χ1n) is 10.6. The van der Waals surface area contributed by atoms with E-state index >= 15 is 0 Å². The minimum Gasteiger partial charge on any atom is -0.397 e. The Bertz CT molecular complexity index is 1130. The van der Waals surface area contributed by atoms with Gasteiger partial charge in [0, 0.05) is 11.5 Å². The van der Waals surface area contributed by atoms with Gasteiger partial charge in [0.2, 0.25) is 0 Å². The Hall–Kier alpha value is -3.66. The molecule has 1 aliphatic rings.